The number of hydrogen-bond donors (Lipinski definition) is 0. The summed E-state index contributed by atoms with van der Waals surface area (Å²) in [6.07, 6.45) is -3.41. The topological polar surface area (TPSA) is 72.5 Å². The molecule has 0 radical (unpaired) electrons. The third-order valence-electron chi connectivity index (χ3n) is 4.42. The molecule has 0 amide bonds. The molecule has 1 aromatic carbocycles. The number of fused-ring (bicyclic) bond motifs is 3. The van der Waals surface area contributed by atoms with Gasteiger partial charge in [-0.05, 0) is 52.0 Å². The fourth-order valence-corrected chi connectivity index (χ4v) is 3.60. The van der Waals surface area contributed by atoms with E-state index in [4.69, 9.17) is 40.0 Å². The van der Waals surface area contributed by atoms with Crippen molar-refractivity contribution in [2.24, 2.45) is 0 Å². The van der Waals surface area contributed by atoms with Crippen molar-refractivity contribution in [1.82, 2.24) is 0 Å². The average molecular weight is 385 g/mol. The zero-order valence-electron chi connectivity index (χ0n) is 14.9. The first kappa shape index (κ1) is 18.2. The van der Waals surface area contributed by atoms with Gasteiger partial charge in [-0.1, -0.05) is 11.6 Å². The van der Waals surface area contributed by atoms with E-state index in [0.29, 0.717) is 10.8 Å². The predicted molar refractivity (Wildman–Crippen MR) is 89.6 cm³/mol. The van der Waals surface area contributed by atoms with Crippen molar-refractivity contribution in [3.63, 3.8) is 0 Å². The Balaban J connectivity index is 1.57. The Morgan fingerprint density at radius 3 is 2.19 bits per heavy atom. The molecule has 0 aromatic heterocycles. The number of esters is 1. The van der Waals surface area contributed by atoms with E-state index in [9.17, 15) is 4.79 Å². The molecular weight excluding hydrogens is 364 g/mol. The smallest absolute Gasteiger partial charge is 0.343 e. The number of carbonyl (C=O) groups excluding carboxylic acids is 1. The first-order valence-electron chi connectivity index (χ1n) is 8.48. The molecule has 3 aliphatic heterocycles. The third-order valence-corrected chi connectivity index (χ3v) is 4.67. The van der Waals surface area contributed by atoms with Crippen molar-refractivity contribution in [1.29, 1.82) is 0 Å². The molecule has 7 nitrogen and oxygen atoms in total. The zero-order valence-corrected chi connectivity index (χ0v) is 15.7. The fraction of sp³-hybridized carbons (Fsp3) is 0.611. The van der Waals surface area contributed by atoms with Crippen LogP contribution in [0.2, 0.25) is 5.02 Å². The highest BCUT2D eigenvalue weighted by Crippen LogP contribution is 2.44. The molecule has 0 saturated carbocycles. The minimum absolute atomic E-state index is 0.365. The summed E-state index contributed by atoms with van der Waals surface area (Å²) in [6.45, 7) is 7.13. The third kappa shape index (κ3) is 3.35. The molecule has 8 heteroatoms. The van der Waals surface area contributed by atoms with Gasteiger partial charge < -0.3 is 28.4 Å². The number of hydrogen-bond acceptors (Lipinski definition) is 7. The predicted octanol–water partition coefficient (Wildman–Crippen LogP) is 2.64. The largest absolute Gasteiger partial charge is 0.425 e. The first-order chi connectivity index (χ1) is 12.1. The van der Waals surface area contributed by atoms with Gasteiger partial charge in [-0.3, -0.25) is 0 Å². The number of carbonyl (C=O) groups is 1. The van der Waals surface area contributed by atoms with E-state index in [1.807, 2.05) is 0 Å². The van der Waals surface area contributed by atoms with Crippen LogP contribution in [0.5, 0.6) is 5.75 Å². The van der Waals surface area contributed by atoms with E-state index in [1.165, 1.54) is 0 Å². The molecule has 142 valence electrons. The van der Waals surface area contributed by atoms with Crippen LogP contribution >= 0.6 is 11.6 Å². The second kappa shape index (κ2) is 6.15. The summed E-state index contributed by atoms with van der Waals surface area (Å²) < 4.78 is 34.8. The van der Waals surface area contributed by atoms with Crippen LogP contribution in [0.15, 0.2) is 24.3 Å². The Morgan fingerprint density at radius 1 is 0.923 bits per heavy atom. The lowest BCUT2D eigenvalue weighted by atomic mass is 9.99. The summed E-state index contributed by atoms with van der Waals surface area (Å²) >= 11 is 5.86. The van der Waals surface area contributed by atoms with Crippen LogP contribution in [0.25, 0.3) is 0 Å². The summed E-state index contributed by atoms with van der Waals surface area (Å²) in [6, 6.07) is 6.49. The van der Waals surface area contributed by atoms with E-state index in [2.05, 4.69) is 0 Å². The van der Waals surface area contributed by atoms with Crippen LogP contribution in [-0.4, -0.2) is 48.2 Å². The Bertz CT molecular complexity index is 702. The van der Waals surface area contributed by atoms with E-state index >= 15 is 0 Å². The average Bonchev–Trinajstić information content (AvgIpc) is 3.02. The SMILES string of the molecule is CC1(C)O[C@H]2[C@@H](O1)[C@@H](C(=O)Oc1ccc(Cl)cc1)O[C@H]1OC(C)(C)O[C@@H]12. The Kier molecular flexibility index (Phi) is 4.30. The maximum Gasteiger partial charge on any atom is 0.343 e. The summed E-state index contributed by atoms with van der Waals surface area (Å²) in [4.78, 5) is 12.7. The Morgan fingerprint density at radius 2 is 1.50 bits per heavy atom. The molecule has 26 heavy (non-hydrogen) atoms. The van der Waals surface area contributed by atoms with E-state index < -0.39 is 48.2 Å². The van der Waals surface area contributed by atoms with Crippen LogP contribution in [0.3, 0.4) is 0 Å². The first-order valence-corrected chi connectivity index (χ1v) is 8.85. The molecular formula is C18H21ClO7. The minimum Gasteiger partial charge on any atom is -0.425 e. The van der Waals surface area contributed by atoms with E-state index in [0.717, 1.165) is 0 Å². The van der Waals surface area contributed by atoms with Gasteiger partial charge in [0.2, 0.25) is 0 Å². The number of rotatable bonds is 2. The van der Waals surface area contributed by atoms with Crippen molar-refractivity contribution in [3.05, 3.63) is 29.3 Å². The molecule has 3 aliphatic rings. The molecule has 0 aliphatic carbocycles. The number of ether oxygens (including phenoxy) is 6. The molecule has 3 saturated heterocycles. The van der Waals surface area contributed by atoms with Crippen LogP contribution in [0.1, 0.15) is 27.7 Å². The minimum atomic E-state index is -1.00. The van der Waals surface area contributed by atoms with Gasteiger partial charge in [-0.25, -0.2) is 4.79 Å². The lowest BCUT2D eigenvalue weighted by molar-refractivity contribution is -0.236. The van der Waals surface area contributed by atoms with Gasteiger partial charge in [0.05, 0.1) is 0 Å². The summed E-state index contributed by atoms with van der Waals surface area (Å²) in [5.74, 6) is -1.94. The lowest BCUT2D eigenvalue weighted by Crippen LogP contribution is -2.58. The fourth-order valence-electron chi connectivity index (χ4n) is 3.48. The Hall–Kier alpha value is -1.22. The van der Waals surface area contributed by atoms with Crippen LogP contribution in [0, 0.1) is 0 Å². The van der Waals surface area contributed by atoms with Crippen LogP contribution < -0.4 is 4.74 Å². The van der Waals surface area contributed by atoms with Gasteiger partial charge in [-0.2, -0.15) is 0 Å². The van der Waals surface area contributed by atoms with Crippen molar-refractivity contribution in [2.45, 2.75) is 70.0 Å². The highest BCUT2D eigenvalue weighted by atomic mass is 35.5. The lowest BCUT2D eigenvalue weighted by Gasteiger charge is -2.35. The van der Waals surface area contributed by atoms with Gasteiger partial charge in [-0.15, -0.1) is 0 Å². The molecule has 4 rings (SSSR count). The summed E-state index contributed by atoms with van der Waals surface area (Å²) in [7, 11) is 0. The van der Waals surface area contributed by atoms with Crippen molar-refractivity contribution < 1.29 is 33.2 Å². The number of halogens is 1. The molecule has 0 unspecified atom stereocenters. The highest BCUT2D eigenvalue weighted by molar-refractivity contribution is 6.30. The second-order valence-electron chi connectivity index (χ2n) is 7.47. The van der Waals surface area contributed by atoms with Gasteiger partial charge in [0.15, 0.2) is 24.0 Å². The van der Waals surface area contributed by atoms with Crippen LogP contribution in [0.4, 0.5) is 0 Å². The van der Waals surface area contributed by atoms with E-state index in [-0.39, 0.29) is 0 Å². The monoisotopic (exact) mass is 384 g/mol. The molecule has 0 N–H and O–H groups in total. The molecule has 0 bridgehead atoms. The molecule has 1 aromatic rings. The molecule has 0 spiro atoms. The van der Waals surface area contributed by atoms with Gasteiger partial charge in [0, 0.05) is 5.02 Å². The highest BCUT2D eigenvalue weighted by Gasteiger charge is 2.62. The quantitative estimate of drug-likeness (QED) is 0.573. The van der Waals surface area contributed by atoms with Crippen molar-refractivity contribution in [3.8, 4) is 5.75 Å². The van der Waals surface area contributed by atoms with Crippen molar-refractivity contribution >= 4 is 17.6 Å². The van der Waals surface area contributed by atoms with E-state index in [1.54, 1.807) is 52.0 Å². The number of benzene rings is 1. The van der Waals surface area contributed by atoms with Gasteiger partial charge >= 0.3 is 5.97 Å². The zero-order chi connectivity index (χ0) is 18.7. The standard InChI is InChI=1S/C18H21ClO7/c1-17(2)23-11-12(24-17)14-16(26-18(3,4)25-14)22-13(11)15(20)21-10-7-5-9(19)6-8-10/h5-8,11-14,16H,1-4H3/t11-,12+,13+,14-,16+/m1/s1. The maximum atomic E-state index is 12.7. The van der Waals surface area contributed by atoms with Gasteiger partial charge in [0.1, 0.15) is 24.1 Å². The summed E-state index contributed by atoms with van der Waals surface area (Å²) in [5.41, 5.74) is 0. The summed E-state index contributed by atoms with van der Waals surface area (Å²) in [5, 5.41) is 0.551. The normalized spacial score (nSPS) is 37.0. The maximum absolute atomic E-state index is 12.7. The molecule has 3 fully saturated rings. The Labute approximate surface area is 156 Å². The molecule has 3 heterocycles. The van der Waals surface area contributed by atoms with Crippen LogP contribution in [-0.2, 0) is 28.5 Å². The second-order valence-corrected chi connectivity index (χ2v) is 7.90. The van der Waals surface area contributed by atoms with Gasteiger partial charge in [0.25, 0.3) is 0 Å². The van der Waals surface area contributed by atoms with Crippen molar-refractivity contribution in [2.75, 3.05) is 0 Å². The molecule has 5 atom stereocenters.